The maximum Gasteiger partial charge on any atom is 0.318 e. The van der Waals surface area contributed by atoms with E-state index in [1.807, 2.05) is 4.90 Å². The first-order chi connectivity index (χ1) is 11.3. The highest BCUT2D eigenvalue weighted by Crippen LogP contribution is 2.23. The van der Waals surface area contributed by atoms with Crippen molar-refractivity contribution in [3.8, 4) is 0 Å². The fraction of sp³-hybridized carbons (Fsp3) is 0.400. The van der Waals surface area contributed by atoms with E-state index < -0.39 is 18.0 Å². The van der Waals surface area contributed by atoms with Crippen LogP contribution in [0.25, 0.3) is 0 Å². The minimum absolute atomic E-state index is 0.175. The summed E-state index contributed by atoms with van der Waals surface area (Å²) < 4.78 is 0. The van der Waals surface area contributed by atoms with E-state index in [2.05, 4.69) is 5.32 Å². The number of hydrogen-bond donors (Lipinski definition) is 2. The smallest absolute Gasteiger partial charge is 0.318 e. The number of nitrogens with zero attached hydrogens (tertiary/aromatic N) is 2. The van der Waals surface area contributed by atoms with E-state index >= 15 is 0 Å². The molecule has 1 fully saturated rings. The van der Waals surface area contributed by atoms with Gasteiger partial charge >= 0.3 is 6.03 Å². The predicted octanol–water partition coefficient (Wildman–Crippen LogP) is 1.33. The van der Waals surface area contributed by atoms with Crippen LogP contribution in [0.1, 0.15) is 17.3 Å². The van der Waals surface area contributed by atoms with Crippen molar-refractivity contribution in [2.45, 2.75) is 13.0 Å². The number of hydrogen-bond acceptors (Lipinski definition) is 4. The third-order valence-electron chi connectivity index (χ3n) is 3.94. The second-order valence-electron chi connectivity index (χ2n) is 5.48. The minimum Gasteiger partial charge on any atom is -0.351 e. The highest BCUT2D eigenvalue weighted by molar-refractivity contribution is 6.36. The number of amides is 4. The number of piperazine rings is 1. The molecule has 3 N–H and O–H groups in total. The lowest BCUT2D eigenvalue weighted by Crippen LogP contribution is -2.56. The van der Waals surface area contributed by atoms with Gasteiger partial charge in [-0.05, 0) is 25.1 Å². The van der Waals surface area contributed by atoms with Gasteiger partial charge in [-0.15, -0.1) is 0 Å². The Morgan fingerprint density at radius 1 is 1.17 bits per heavy atom. The van der Waals surface area contributed by atoms with E-state index in [9.17, 15) is 14.4 Å². The van der Waals surface area contributed by atoms with Crippen molar-refractivity contribution in [3.05, 3.63) is 33.8 Å². The second kappa shape index (κ2) is 7.83. The molecule has 7 nitrogen and oxygen atoms in total. The van der Waals surface area contributed by atoms with Crippen LogP contribution in [-0.2, 0) is 4.79 Å². The highest BCUT2D eigenvalue weighted by atomic mass is 35.5. The van der Waals surface area contributed by atoms with Gasteiger partial charge in [0, 0.05) is 31.2 Å². The third kappa shape index (κ3) is 4.37. The summed E-state index contributed by atoms with van der Waals surface area (Å²) in [6, 6.07) is 3.37. The molecule has 0 aliphatic carbocycles. The molecule has 2 rings (SSSR count). The number of primary amides is 1. The van der Waals surface area contributed by atoms with Crippen molar-refractivity contribution in [1.82, 2.24) is 15.1 Å². The predicted molar refractivity (Wildman–Crippen MR) is 91.1 cm³/mol. The number of nitrogens with two attached hydrogens (primary N) is 1. The van der Waals surface area contributed by atoms with E-state index in [0.29, 0.717) is 41.8 Å². The van der Waals surface area contributed by atoms with Crippen LogP contribution in [0.4, 0.5) is 4.79 Å². The maximum atomic E-state index is 12.5. The molecule has 1 heterocycles. The zero-order chi connectivity index (χ0) is 17.9. The fourth-order valence-corrected chi connectivity index (χ4v) is 3.03. The Balaban J connectivity index is 1.96. The van der Waals surface area contributed by atoms with Crippen LogP contribution in [-0.4, -0.2) is 59.9 Å². The van der Waals surface area contributed by atoms with Crippen LogP contribution in [0.15, 0.2) is 18.2 Å². The first-order valence-electron chi connectivity index (χ1n) is 7.38. The zero-order valence-electron chi connectivity index (χ0n) is 13.1. The minimum atomic E-state index is -0.877. The molecule has 0 bridgehead atoms. The lowest BCUT2D eigenvalue weighted by Gasteiger charge is -2.37. The van der Waals surface area contributed by atoms with Crippen LogP contribution in [0.5, 0.6) is 0 Å². The number of halogens is 2. The molecule has 0 aromatic heterocycles. The van der Waals surface area contributed by atoms with Gasteiger partial charge in [0.25, 0.3) is 5.91 Å². The van der Waals surface area contributed by atoms with Gasteiger partial charge in [-0.2, -0.15) is 0 Å². The summed E-state index contributed by atoms with van der Waals surface area (Å²) in [5.74, 6) is -0.631. The van der Waals surface area contributed by atoms with Crippen LogP contribution < -0.4 is 11.1 Å². The summed E-state index contributed by atoms with van der Waals surface area (Å²) in [5, 5.41) is 2.84. The monoisotopic (exact) mass is 372 g/mol. The topological polar surface area (TPSA) is 95.7 Å². The molecule has 1 aromatic carbocycles. The van der Waals surface area contributed by atoms with Crippen molar-refractivity contribution in [2.24, 2.45) is 5.73 Å². The Hall–Kier alpha value is -1.83. The molecule has 1 aliphatic heterocycles. The first-order valence-corrected chi connectivity index (χ1v) is 8.14. The lowest BCUT2D eigenvalue weighted by atomic mass is 10.1. The van der Waals surface area contributed by atoms with Crippen molar-refractivity contribution in [2.75, 3.05) is 26.2 Å². The van der Waals surface area contributed by atoms with Crippen molar-refractivity contribution in [3.63, 3.8) is 0 Å². The summed E-state index contributed by atoms with van der Waals surface area (Å²) in [6.07, 6.45) is 0. The molecule has 1 aliphatic rings. The number of urea groups is 1. The third-order valence-corrected chi connectivity index (χ3v) is 4.48. The van der Waals surface area contributed by atoms with Gasteiger partial charge < -0.3 is 10.6 Å². The summed E-state index contributed by atoms with van der Waals surface area (Å²) in [5.41, 5.74) is 5.34. The Kier molecular flexibility index (Phi) is 6.04. The Morgan fingerprint density at radius 2 is 1.79 bits per heavy atom. The van der Waals surface area contributed by atoms with E-state index in [0.717, 1.165) is 0 Å². The maximum absolute atomic E-state index is 12.5. The number of benzene rings is 1. The molecular formula is C15H18Cl2N4O3. The van der Waals surface area contributed by atoms with Crippen molar-refractivity contribution in [1.29, 1.82) is 0 Å². The molecule has 1 aromatic rings. The number of carbonyl (C=O) groups excluding carboxylic acids is 3. The zero-order valence-corrected chi connectivity index (χ0v) is 14.6. The SMILES string of the molecule is CC(C(=O)NC(N)=O)N1CCN(C(=O)c2ccc(Cl)cc2Cl)CC1. The van der Waals surface area contributed by atoms with E-state index in [1.54, 1.807) is 24.0 Å². The van der Waals surface area contributed by atoms with Crippen molar-refractivity contribution >= 4 is 41.0 Å². The van der Waals surface area contributed by atoms with Gasteiger partial charge in [-0.1, -0.05) is 23.2 Å². The van der Waals surface area contributed by atoms with E-state index in [4.69, 9.17) is 28.9 Å². The fourth-order valence-electron chi connectivity index (χ4n) is 2.54. The summed E-state index contributed by atoms with van der Waals surface area (Å²) in [6.45, 7) is 3.60. The molecule has 130 valence electrons. The van der Waals surface area contributed by atoms with E-state index in [-0.39, 0.29) is 5.91 Å². The molecule has 9 heteroatoms. The average Bonchev–Trinajstić information content (AvgIpc) is 2.53. The van der Waals surface area contributed by atoms with Gasteiger partial charge in [-0.3, -0.25) is 19.8 Å². The average molecular weight is 373 g/mol. The number of imide groups is 1. The number of rotatable bonds is 3. The molecule has 1 atom stereocenters. The quantitative estimate of drug-likeness (QED) is 0.836. The van der Waals surface area contributed by atoms with Gasteiger partial charge in [-0.25, -0.2) is 4.79 Å². The van der Waals surface area contributed by atoms with Crippen LogP contribution in [0.3, 0.4) is 0 Å². The second-order valence-corrected chi connectivity index (χ2v) is 6.33. The largest absolute Gasteiger partial charge is 0.351 e. The highest BCUT2D eigenvalue weighted by Gasteiger charge is 2.28. The van der Waals surface area contributed by atoms with Crippen LogP contribution >= 0.6 is 23.2 Å². The van der Waals surface area contributed by atoms with Gasteiger partial charge in [0.2, 0.25) is 5.91 Å². The van der Waals surface area contributed by atoms with Crippen molar-refractivity contribution < 1.29 is 14.4 Å². The normalized spacial score (nSPS) is 16.5. The number of nitrogens with one attached hydrogen (secondary N) is 1. The summed E-state index contributed by atoms with van der Waals surface area (Å²) in [4.78, 5) is 38.6. The van der Waals surface area contributed by atoms with E-state index in [1.165, 1.54) is 6.07 Å². The molecule has 0 spiro atoms. The molecule has 1 unspecified atom stereocenters. The molecule has 1 saturated heterocycles. The summed E-state index contributed by atoms with van der Waals surface area (Å²) in [7, 11) is 0. The van der Waals surface area contributed by atoms with Crippen LogP contribution in [0, 0.1) is 0 Å². The summed E-state index contributed by atoms with van der Waals surface area (Å²) >= 11 is 11.9. The Labute approximate surface area is 149 Å². The molecule has 0 radical (unpaired) electrons. The molecule has 0 saturated carbocycles. The van der Waals surface area contributed by atoms with Gasteiger partial charge in [0.05, 0.1) is 16.6 Å². The molecule has 4 amide bonds. The standard InChI is InChI=1S/C15H18Cl2N4O3/c1-9(13(22)19-15(18)24)20-4-6-21(7-5-20)14(23)11-3-2-10(16)8-12(11)17/h2-3,8-9H,4-7H2,1H3,(H3,18,19,22,24). The van der Waals surface area contributed by atoms with Gasteiger partial charge in [0.15, 0.2) is 0 Å². The Bertz CT molecular complexity index is 660. The number of carbonyl (C=O) groups is 3. The Morgan fingerprint density at radius 3 is 2.33 bits per heavy atom. The molecular weight excluding hydrogens is 355 g/mol. The first kappa shape index (κ1) is 18.5. The van der Waals surface area contributed by atoms with Gasteiger partial charge in [0.1, 0.15) is 0 Å². The molecule has 24 heavy (non-hydrogen) atoms. The lowest BCUT2D eigenvalue weighted by molar-refractivity contribution is -0.125. The van der Waals surface area contributed by atoms with Crippen LogP contribution in [0.2, 0.25) is 10.0 Å².